The minimum Gasteiger partial charge on any atom is -0.423 e. The SMILES string of the molecule is CCc1cc(B(O)O)ccc1C=O. The fourth-order valence-corrected chi connectivity index (χ4v) is 1.21. The van der Waals surface area contributed by atoms with Crippen LogP contribution in [-0.2, 0) is 6.42 Å². The van der Waals surface area contributed by atoms with Crippen LogP contribution in [0.2, 0.25) is 0 Å². The van der Waals surface area contributed by atoms with Gasteiger partial charge in [-0.15, -0.1) is 0 Å². The van der Waals surface area contributed by atoms with Gasteiger partial charge in [-0.2, -0.15) is 0 Å². The first-order chi connectivity index (χ1) is 6.19. The molecular weight excluding hydrogens is 167 g/mol. The molecule has 0 heterocycles. The fraction of sp³-hybridized carbons (Fsp3) is 0.222. The first-order valence-corrected chi connectivity index (χ1v) is 4.13. The van der Waals surface area contributed by atoms with Gasteiger partial charge in [-0.1, -0.05) is 25.1 Å². The van der Waals surface area contributed by atoms with Crippen LogP contribution in [0.1, 0.15) is 22.8 Å². The van der Waals surface area contributed by atoms with Crippen molar-refractivity contribution in [3.63, 3.8) is 0 Å². The normalized spacial score (nSPS) is 9.77. The van der Waals surface area contributed by atoms with Crippen LogP contribution in [0.3, 0.4) is 0 Å². The molecule has 1 rings (SSSR count). The van der Waals surface area contributed by atoms with Crippen molar-refractivity contribution in [2.24, 2.45) is 0 Å². The van der Waals surface area contributed by atoms with Crippen molar-refractivity contribution in [3.05, 3.63) is 29.3 Å². The first-order valence-electron chi connectivity index (χ1n) is 4.13. The van der Waals surface area contributed by atoms with Gasteiger partial charge in [-0.05, 0) is 17.4 Å². The largest absolute Gasteiger partial charge is 0.488 e. The van der Waals surface area contributed by atoms with Gasteiger partial charge in [0.2, 0.25) is 0 Å². The maximum Gasteiger partial charge on any atom is 0.488 e. The van der Waals surface area contributed by atoms with Crippen LogP contribution in [0.15, 0.2) is 18.2 Å². The van der Waals surface area contributed by atoms with Crippen molar-refractivity contribution >= 4 is 18.9 Å². The zero-order valence-electron chi connectivity index (χ0n) is 7.40. The van der Waals surface area contributed by atoms with Crippen LogP contribution in [0.25, 0.3) is 0 Å². The van der Waals surface area contributed by atoms with Crippen molar-refractivity contribution in [2.75, 3.05) is 0 Å². The Morgan fingerprint density at radius 3 is 2.62 bits per heavy atom. The van der Waals surface area contributed by atoms with Gasteiger partial charge in [0.15, 0.2) is 0 Å². The van der Waals surface area contributed by atoms with Crippen LogP contribution < -0.4 is 5.46 Å². The Morgan fingerprint density at radius 2 is 2.15 bits per heavy atom. The summed E-state index contributed by atoms with van der Waals surface area (Å²) in [4.78, 5) is 10.5. The Kier molecular flexibility index (Phi) is 3.22. The third-order valence-electron chi connectivity index (χ3n) is 1.97. The molecule has 1 aromatic rings. The minimum atomic E-state index is -1.47. The van der Waals surface area contributed by atoms with E-state index in [4.69, 9.17) is 10.0 Å². The van der Waals surface area contributed by atoms with Gasteiger partial charge < -0.3 is 10.0 Å². The number of carbonyl (C=O) groups excluding carboxylic acids is 1. The lowest BCUT2D eigenvalue weighted by Crippen LogP contribution is -2.30. The Balaban J connectivity index is 3.12. The van der Waals surface area contributed by atoms with Gasteiger partial charge >= 0.3 is 7.12 Å². The second-order valence-electron chi connectivity index (χ2n) is 2.80. The highest BCUT2D eigenvalue weighted by atomic mass is 16.4. The molecule has 0 aromatic heterocycles. The molecular formula is C9H11BO3. The number of hydrogen-bond acceptors (Lipinski definition) is 3. The summed E-state index contributed by atoms with van der Waals surface area (Å²) in [6.07, 6.45) is 1.47. The molecule has 2 N–H and O–H groups in total. The van der Waals surface area contributed by atoms with E-state index >= 15 is 0 Å². The lowest BCUT2D eigenvalue weighted by Gasteiger charge is -2.04. The summed E-state index contributed by atoms with van der Waals surface area (Å²) in [5.41, 5.74) is 1.86. The quantitative estimate of drug-likeness (QED) is 0.495. The molecule has 0 fully saturated rings. The van der Waals surface area contributed by atoms with Crippen LogP contribution in [0.5, 0.6) is 0 Å². The van der Waals surface area contributed by atoms with E-state index in [1.54, 1.807) is 12.1 Å². The lowest BCUT2D eigenvalue weighted by atomic mass is 9.78. The summed E-state index contributed by atoms with van der Waals surface area (Å²) in [5, 5.41) is 17.7. The standard InChI is InChI=1S/C9H11BO3/c1-2-7-5-9(10(12)13)4-3-8(7)6-11/h3-6,12-13H,2H2,1H3. The molecule has 13 heavy (non-hydrogen) atoms. The van der Waals surface area contributed by atoms with Crippen LogP contribution >= 0.6 is 0 Å². The Hall–Kier alpha value is -1.13. The fourth-order valence-electron chi connectivity index (χ4n) is 1.21. The highest BCUT2D eigenvalue weighted by molar-refractivity contribution is 6.58. The molecule has 0 atom stereocenters. The van der Waals surface area contributed by atoms with E-state index in [0.717, 1.165) is 11.8 Å². The molecule has 1 aromatic carbocycles. The molecule has 0 aliphatic rings. The summed E-state index contributed by atoms with van der Waals surface area (Å²) in [6, 6.07) is 4.77. The molecule has 0 spiro atoms. The average molecular weight is 178 g/mol. The molecule has 0 radical (unpaired) electrons. The number of rotatable bonds is 3. The second kappa shape index (κ2) is 4.21. The summed E-state index contributed by atoms with van der Waals surface area (Å²) in [6.45, 7) is 1.91. The van der Waals surface area contributed by atoms with Crippen LogP contribution in [-0.4, -0.2) is 23.5 Å². The highest BCUT2D eigenvalue weighted by Crippen LogP contribution is 2.05. The highest BCUT2D eigenvalue weighted by Gasteiger charge is 2.12. The van der Waals surface area contributed by atoms with Gasteiger partial charge in [0.05, 0.1) is 0 Å². The Morgan fingerprint density at radius 1 is 1.46 bits per heavy atom. The van der Waals surface area contributed by atoms with Crippen LogP contribution in [0.4, 0.5) is 0 Å². The van der Waals surface area contributed by atoms with Gasteiger partial charge in [-0.25, -0.2) is 0 Å². The molecule has 0 bridgehead atoms. The summed E-state index contributed by atoms with van der Waals surface area (Å²) < 4.78 is 0. The molecule has 0 aliphatic carbocycles. The maximum absolute atomic E-state index is 10.5. The number of aldehydes is 1. The van der Waals surface area contributed by atoms with E-state index in [1.165, 1.54) is 6.07 Å². The zero-order chi connectivity index (χ0) is 9.84. The summed E-state index contributed by atoms with van der Waals surface area (Å²) in [5.74, 6) is 0. The van der Waals surface area contributed by atoms with Crippen LogP contribution in [0, 0.1) is 0 Å². The van der Waals surface area contributed by atoms with E-state index in [1.807, 2.05) is 6.92 Å². The van der Waals surface area contributed by atoms with Crippen molar-refractivity contribution in [3.8, 4) is 0 Å². The number of hydrogen-bond donors (Lipinski definition) is 2. The van der Waals surface area contributed by atoms with E-state index < -0.39 is 7.12 Å². The van der Waals surface area contributed by atoms with Gasteiger partial charge in [0.25, 0.3) is 0 Å². The Labute approximate surface area is 77.2 Å². The van der Waals surface area contributed by atoms with Gasteiger partial charge in [-0.3, -0.25) is 4.79 Å². The smallest absolute Gasteiger partial charge is 0.423 e. The first kappa shape index (κ1) is 9.96. The van der Waals surface area contributed by atoms with Gasteiger partial charge in [0.1, 0.15) is 6.29 Å². The number of benzene rings is 1. The lowest BCUT2D eigenvalue weighted by molar-refractivity contribution is 0.112. The predicted molar refractivity (Wildman–Crippen MR) is 51.0 cm³/mol. The number of aryl methyl sites for hydroxylation is 1. The third-order valence-corrected chi connectivity index (χ3v) is 1.97. The second-order valence-corrected chi connectivity index (χ2v) is 2.80. The zero-order valence-corrected chi connectivity index (χ0v) is 7.40. The van der Waals surface area contributed by atoms with E-state index in [0.29, 0.717) is 17.4 Å². The molecule has 0 amide bonds. The molecule has 0 aliphatic heterocycles. The molecule has 3 nitrogen and oxygen atoms in total. The molecule has 4 heteroatoms. The van der Waals surface area contributed by atoms with E-state index in [-0.39, 0.29) is 0 Å². The van der Waals surface area contributed by atoms with E-state index in [9.17, 15) is 4.79 Å². The molecule has 0 saturated heterocycles. The van der Waals surface area contributed by atoms with Crippen molar-refractivity contribution in [1.82, 2.24) is 0 Å². The van der Waals surface area contributed by atoms with Crippen molar-refractivity contribution in [2.45, 2.75) is 13.3 Å². The van der Waals surface area contributed by atoms with E-state index in [2.05, 4.69) is 0 Å². The third kappa shape index (κ3) is 2.17. The maximum atomic E-state index is 10.5. The molecule has 0 saturated carbocycles. The minimum absolute atomic E-state index is 0.419. The molecule has 68 valence electrons. The molecule has 0 unspecified atom stereocenters. The topological polar surface area (TPSA) is 57.5 Å². The average Bonchev–Trinajstić information content (AvgIpc) is 2.16. The monoisotopic (exact) mass is 178 g/mol. The predicted octanol–water partition coefficient (Wildman–Crippen LogP) is -0.259. The van der Waals surface area contributed by atoms with Crippen molar-refractivity contribution in [1.29, 1.82) is 0 Å². The van der Waals surface area contributed by atoms with Gasteiger partial charge in [0, 0.05) is 5.56 Å². The summed E-state index contributed by atoms with van der Waals surface area (Å²) >= 11 is 0. The Bertz CT molecular complexity index is 310. The number of carbonyl (C=O) groups is 1. The summed E-state index contributed by atoms with van der Waals surface area (Å²) in [7, 11) is -1.47. The van der Waals surface area contributed by atoms with Crippen molar-refractivity contribution < 1.29 is 14.8 Å².